The molecule has 10 heavy (non-hydrogen) atoms. The van der Waals surface area contributed by atoms with E-state index >= 15 is 0 Å². The minimum Gasteiger partial charge on any atom is -0.228 e. The normalized spacial score (nSPS) is 23.5. The lowest BCUT2D eigenvalue weighted by Gasteiger charge is -2.06. The van der Waals surface area contributed by atoms with Crippen molar-refractivity contribution in [3.05, 3.63) is 10.1 Å². The van der Waals surface area contributed by atoms with E-state index in [2.05, 4.69) is 4.99 Å². The lowest BCUT2D eigenvalue weighted by Crippen LogP contribution is -2.04. The molecule has 1 aliphatic rings. The Morgan fingerprint density at radius 1 is 1.10 bits per heavy atom. The highest BCUT2D eigenvalue weighted by Gasteiger charge is 2.36. The van der Waals surface area contributed by atoms with Gasteiger partial charge in [-0.3, -0.25) is 0 Å². The fourth-order valence-electron chi connectivity index (χ4n) is 0.444. The fourth-order valence-corrected chi connectivity index (χ4v) is 1.57. The van der Waals surface area contributed by atoms with E-state index in [0.29, 0.717) is 0 Å². The summed E-state index contributed by atoms with van der Waals surface area (Å²) in [6.07, 6.45) is 0. The average molecular weight is 239 g/mol. The lowest BCUT2D eigenvalue weighted by molar-refractivity contribution is 1.05. The van der Waals surface area contributed by atoms with Crippen molar-refractivity contribution in [2.45, 2.75) is 4.46 Å². The Morgan fingerprint density at radius 3 is 1.70 bits per heavy atom. The van der Waals surface area contributed by atoms with Gasteiger partial charge in [0.2, 0.25) is 4.46 Å². The summed E-state index contributed by atoms with van der Waals surface area (Å²) in [5.74, 6) is 0. The van der Waals surface area contributed by atoms with Crippen LogP contribution < -0.4 is 0 Å². The van der Waals surface area contributed by atoms with Crippen molar-refractivity contribution in [3.63, 3.8) is 0 Å². The smallest absolute Gasteiger partial charge is 0.228 e. The molecule has 0 saturated carbocycles. The molecule has 0 fully saturated rings. The van der Waals surface area contributed by atoms with E-state index in [0.717, 1.165) is 0 Å². The number of nitrogens with zero attached hydrogens (tertiary/aromatic N) is 1. The minimum atomic E-state index is -1.49. The van der Waals surface area contributed by atoms with Gasteiger partial charge in [0.15, 0.2) is 0 Å². The van der Waals surface area contributed by atoms with Crippen LogP contribution in [0.3, 0.4) is 0 Å². The summed E-state index contributed by atoms with van der Waals surface area (Å²) in [5.41, 5.74) is 0. The number of halogens is 5. The first-order chi connectivity index (χ1) is 4.45. The molecule has 0 amide bonds. The van der Waals surface area contributed by atoms with Gasteiger partial charge in [-0.05, 0) is 0 Å². The van der Waals surface area contributed by atoms with Crippen LogP contribution in [0.1, 0.15) is 0 Å². The molecular weight excluding hydrogens is 239 g/mol. The van der Waals surface area contributed by atoms with Crippen LogP contribution in [0.25, 0.3) is 0 Å². The summed E-state index contributed by atoms with van der Waals surface area (Å²) in [4.78, 5) is 3.56. The van der Waals surface area contributed by atoms with Crippen LogP contribution in [0.4, 0.5) is 0 Å². The van der Waals surface area contributed by atoms with Crippen molar-refractivity contribution in [3.8, 4) is 0 Å². The summed E-state index contributed by atoms with van der Waals surface area (Å²) in [6, 6.07) is 0. The van der Waals surface area contributed by atoms with E-state index in [-0.39, 0.29) is 15.2 Å². The maximum Gasteiger partial charge on any atom is 0.247 e. The summed E-state index contributed by atoms with van der Waals surface area (Å²) in [7, 11) is 0. The molecule has 0 radical (unpaired) electrons. The van der Waals surface area contributed by atoms with E-state index in [1.807, 2.05) is 0 Å². The Balaban J connectivity index is 3.12. The quantitative estimate of drug-likeness (QED) is 0.453. The SMILES string of the molecule is ClC1=NC(Cl)(Cl)C(Cl)=C1Cl. The predicted molar refractivity (Wildman–Crippen MR) is 46.5 cm³/mol. The highest BCUT2D eigenvalue weighted by molar-refractivity contribution is 6.79. The third kappa shape index (κ3) is 1.39. The van der Waals surface area contributed by atoms with Crippen molar-refractivity contribution in [2.75, 3.05) is 0 Å². The summed E-state index contributed by atoms with van der Waals surface area (Å²) < 4.78 is -1.49. The van der Waals surface area contributed by atoms with Crippen LogP contribution in [-0.2, 0) is 0 Å². The van der Waals surface area contributed by atoms with Crippen molar-refractivity contribution >= 4 is 63.2 Å². The van der Waals surface area contributed by atoms with Crippen LogP contribution in [0.5, 0.6) is 0 Å². The first-order valence-corrected chi connectivity index (χ1v) is 4.03. The first kappa shape index (κ1) is 8.95. The molecule has 56 valence electrons. The second kappa shape index (κ2) is 2.72. The summed E-state index contributed by atoms with van der Waals surface area (Å²) in [6.45, 7) is 0. The molecule has 0 unspecified atom stereocenters. The molecule has 0 spiro atoms. The van der Waals surface area contributed by atoms with E-state index in [1.165, 1.54) is 0 Å². The Morgan fingerprint density at radius 2 is 1.60 bits per heavy atom. The fraction of sp³-hybridized carbons (Fsp3) is 0.250. The molecule has 1 heterocycles. The Bertz CT molecular complexity index is 228. The summed E-state index contributed by atoms with van der Waals surface area (Å²) >= 11 is 27.6. The van der Waals surface area contributed by atoms with E-state index in [9.17, 15) is 0 Å². The Hall–Kier alpha value is 0.860. The van der Waals surface area contributed by atoms with E-state index in [4.69, 9.17) is 58.0 Å². The van der Waals surface area contributed by atoms with Crippen LogP contribution in [-0.4, -0.2) is 9.63 Å². The number of allylic oxidation sites excluding steroid dienone is 1. The molecule has 0 bridgehead atoms. The van der Waals surface area contributed by atoms with Crippen molar-refractivity contribution in [2.24, 2.45) is 4.99 Å². The van der Waals surface area contributed by atoms with Crippen LogP contribution in [0, 0.1) is 0 Å². The third-order valence-corrected chi connectivity index (χ3v) is 2.91. The van der Waals surface area contributed by atoms with Gasteiger partial charge in [-0.1, -0.05) is 58.0 Å². The van der Waals surface area contributed by atoms with Crippen molar-refractivity contribution < 1.29 is 0 Å². The van der Waals surface area contributed by atoms with Gasteiger partial charge in [0.05, 0.1) is 10.1 Å². The maximum absolute atomic E-state index is 5.53. The molecule has 0 atom stereocenters. The number of aliphatic imine (C=N–C) groups is 1. The maximum atomic E-state index is 5.53. The number of hydrogen-bond donors (Lipinski definition) is 0. The molecule has 0 aromatic heterocycles. The minimum absolute atomic E-state index is 0.0386. The monoisotopic (exact) mass is 237 g/mol. The highest BCUT2D eigenvalue weighted by atomic mass is 35.5. The summed E-state index contributed by atoms with van der Waals surface area (Å²) in [5, 5.41) is 0.188. The highest BCUT2D eigenvalue weighted by Crippen LogP contribution is 2.43. The van der Waals surface area contributed by atoms with Gasteiger partial charge >= 0.3 is 0 Å². The molecule has 0 aliphatic carbocycles. The number of alkyl halides is 2. The van der Waals surface area contributed by atoms with E-state index < -0.39 is 4.46 Å². The third-order valence-electron chi connectivity index (χ3n) is 0.876. The van der Waals surface area contributed by atoms with Crippen LogP contribution in [0.15, 0.2) is 15.1 Å². The van der Waals surface area contributed by atoms with Gasteiger partial charge in [-0.2, -0.15) is 0 Å². The zero-order valence-electron chi connectivity index (χ0n) is 4.34. The molecule has 1 nitrogen and oxygen atoms in total. The second-order valence-corrected chi connectivity index (χ2v) is 3.97. The zero-order chi connectivity index (χ0) is 7.94. The zero-order valence-corrected chi connectivity index (χ0v) is 8.12. The predicted octanol–water partition coefficient (Wildman–Crippen LogP) is 3.46. The van der Waals surface area contributed by atoms with Crippen LogP contribution in [0.2, 0.25) is 0 Å². The van der Waals surface area contributed by atoms with Crippen molar-refractivity contribution in [1.82, 2.24) is 0 Å². The molecule has 0 N–H and O–H groups in total. The van der Waals surface area contributed by atoms with Gasteiger partial charge in [-0.15, -0.1) is 0 Å². The van der Waals surface area contributed by atoms with Crippen molar-refractivity contribution in [1.29, 1.82) is 0 Å². The van der Waals surface area contributed by atoms with Gasteiger partial charge in [0, 0.05) is 0 Å². The molecule has 6 heteroatoms. The van der Waals surface area contributed by atoms with Gasteiger partial charge in [0.25, 0.3) is 0 Å². The standard InChI is InChI=1S/C4Cl5N/c5-1-2(6)4(8,9)10-3(1)7. The molecule has 0 aromatic carbocycles. The van der Waals surface area contributed by atoms with E-state index in [1.54, 1.807) is 0 Å². The van der Waals surface area contributed by atoms with Crippen LogP contribution >= 0.6 is 58.0 Å². The van der Waals surface area contributed by atoms with Gasteiger partial charge in [-0.25, -0.2) is 4.99 Å². The Labute approximate surface area is 82.6 Å². The average Bonchev–Trinajstić information content (AvgIpc) is 1.95. The lowest BCUT2D eigenvalue weighted by atomic mass is 10.5. The molecular formula is C4Cl5N. The first-order valence-electron chi connectivity index (χ1n) is 2.14. The molecule has 0 saturated heterocycles. The second-order valence-electron chi connectivity index (χ2n) is 1.57. The Kier molecular flexibility index (Phi) is 2.44. The largest absolute Gasteiger partial charge is 0.247 e. The molecule has 0 aromatic rings. The number of rotatable bonds is 0. The molecule has 1 rings (SSSR count). The van der Waals surface area contributed by atoms with Gasteiger partial charge < -0.3 is 0 Å². The van der Waals surface area contributed by atoms with Gasteiger partial charge in [0.1, 0.15) is 5.17 Å². The topological polar surface area (TPSA) is 12.4 Å². The molecule has 1 aliphatic heterocycles. The number of hydrogen-bond acceptors (Lipinski definition) is 1.